The van der Waals surface area contributed by atoms with Crippen molar-refractivity contribution in [2.24, 2.45) is 0 Å². The number of aromatic nitrogens is 1. The number of likely N-dealkylation sites (tertiary alicyclic amines) is 2. The highest BCUT2D eigenvalue weighted by molar-refractivity contribution is 5.98. The van der Waals surface area contributed by atoms with E-state index in [1.165, 1.54) is 18.2 Å². The van der Waals surface area contributed by atoms with Crippen molar-refractivity contribution in [1.29, 1.82) is 0 Å². The Hall–Kier alpha value is -3.03. The predicted octanol–water partition coefficient (Wildman–Crippen LogP) is 2.70. The molecule has 1 aromatic heterocycles. The summed E-state index contributed by atoms with van der Waals surface area (Å²) >= 11 is 0. The highest BCUT2D eigenvalue weighted by atomic mass is 19.3. The number of hydrogen-bond donors (Lipinski definition) is 0. The quantitative estimate of drug-likeness (QED) is 0.792. The molecule has 4 rings (SSSR count). The number of hydrogen-bond acceptors (Lipinski definition) is 4. The standard InChI is InChI=1S/C20H19F2N3O3/c21-20(22)28-17-4-2-1-3-14(17)19(27)24-10-7-15-16(24)11-18(26)25(15)12-13-5-8-23-9-6-13/h1-6,8-9,15-16,20H,7,10-12H2/t15-,16-/m0/s1. The van der Waals surface area contributed by atoms with Gasteiger partial charge in [0.15, 0.2) is 0 Å². The number of amides is 2. The van der Waals surface area contributed by atoms with Crippen molar-refractivity contribution in [3.63, 3.8) is 0 Å². The normalized spacial score (nSPS) is 21.3. The summed E-state index contributed by atoms with van der Waals surface area (Å²) in [7, 11) is 0. The molecule has 2 saturated heterocycles. The van der Waals surface area contributed by atoms with Crippen LogP contribution in [0.5, 0.6) is 5.75 Å². The van der Waals surface area contributed by atoms with Crippen LogP contribution in [0.2, 0.25) is 0 Å². The molecule has 2 atom stereocenters. The molecule has 2 amide bonds. The minimum Gasteiger partial charge on any atom is -0.434 e. The minimum atomic E-state index is -3.01. The van der Waals surface area contributed by atoms with Crippen LogP contribution < -0.4 is 4.74 Å². The van der Waals surface area contributed by atoms with E-state index in [0.717, 1.165) is 5.56 Å². The average molecular weight is 387 g/mol. The van der Waals surface area contributed by atoms with Crippen LogP contribution in [0, 0.1) is 0 Å². The van der Waals surface area contributed by atoms with Crippen molar-refractivity contribution in [3.8, 4) is 5.75 Å². The monoisotopic (exact) mass is 387 g/mol. The molecule has 0 aliphatic carbocycles. The van der Waals surface area contributed by atoms with E-state index in [4.69, 9.17) is 0 Å². The Bertz CT molecular complexity index is 878. The summed E-state index contributed by atoms with van der Waals surface area (Å²) < 4.78 is 29.8. The number of alkyl halides is 2. The number of ether oxygens (including phenoxy) is 1. The molecule has 0 spiro atoms. The molecule has 8 heteroatoms. The lowest BCUT2D eigenvalue weighted by Crippen LogP contribution is -2.39. The topological polar surface area (TPSA) is 62.7 Å². The smallest absolute Gasteiger partial charge is 0.387 e. The first-order valence-electron chi connectivity index (χ1n) is 9.08. The zero-order valence-corrected chi connectivity index (χ0v) is 15.0. The van der Waals surface area contributed by atoms with Crippen molar-refractivity contribution in [2.75, 3.05) is 6.54 Å². The fourth-order valence-corrected chi connectivity index (χ4v) is 4.07. The molecule has 2 aromatic rings. The van der Waals surface area contributed by atoms with E-state index in [1.54, 1.807) is 28.3 Å². The van der Waals surface area contributed by atoms with E-state index in [2.05, 4.69) is 9.72 Å². The highest BCUT2D eigenvalue weighted by Gasteiger charge is 2.48. The Morgan fingerprint density at radius 3 is 2.68 bits per heavy atom. The Morgan fingerprint density at radius 2 is 1.93 bits per heavy atom. The van der Waals surface area contributed by atoms with Crippen molar-refractivity contribution < 1.29 is 23.1 Å². The fraction of sp³-hybridized carbons (Fsp3) is 0.350. The number of carbonyl (C=O) groups is 2. The van der Waals surface area contributed by atoms with Gasteiger partial charge in [-0.1, -0.05) is 12.1 Å². The molecule has 0 unspecified atom stereocenters. The average Bonchev–Trinajstić information content (AvgIpc) is 3.22. The van der Waals surface area contributed by atoms with Gasteiger partial charge in [-0.15, -0.1) is 0 Å². The van der Waals surface area contributed by atoms with E-state index in [9.17, 15) is 18.4 Å². The molecule has 6 nitrogen and oxygen atoms in total. The molecule has 3 heterocycles. The molecule has 0 bridgehead atoms. The summed E-state index contributed by atoms with van der Waals surface area (Å²) in [5.74, 6) is -0.548. The van der Waals surface area contributed by atoms with Gasteiger partial charge in [0.2, 0.25) is 5.91 Å². The summed E-state index contributed by atoms with van der Waals surface area (Å²) in [6.07, 6.45) is 4.25. The van der Waals surface area contributed by atoms with Gasteiger partial charge in [-0.3, -0.25) is 14.6 Å². The maximum Gasteiger partial charge on any atom is 0.387 e. The number of rotatable bonds is 5. The highest BCUT2D eigenvalue weighted by Crippen LogP contribution is 2.35. The Kier molecular flexibility index (Phi) is 4.93. The fourth-order valence-electron chi connectivity index (χ4n) is 4.07. The first kappa shape index (κ1) is 18.3. The summed E-state index contributed by atoms with van der Waals surface area (Å²) in [5.41, 5.74) is 1.06. The molecule has 146 valence electrons. The molecule has 0 N–H and O–H groups in total. The number of pyridine rings is 1. The van der Waals surface area contributed by atoms with Gasteiger partial charge in [-0.25, -0.2) is 0 Å². The maximum atomic E-state index is 13.0. The summed E-state index contributed by atoms with van der Waals surface area (Å²) in [6.45, 7) is -2.07. The molecule has 28 heavy (non-hydrogen) atoms. The second kappa shape index (κ2) is 7.53. The van der Waals surface area contributed by atoms with Gasteiger partial charge in [0.1, 0.15) is 5.75 Å². The van der Waals surface area contributed by atoms with Crippen molar-refractivity contribution in [3.05, 3.63) is 59.9 Å². The van der Waals surface area contributed by atoms with E-state index >= 15 is 0 Å². The Morgan fingerprint density at radius 1 is 1.18 bits per heavy atom. The van der Waals surface area contributed by atoms with Crippen LogP contribution in [0.1, 0.15) is 28.8 Å². The lowest BCUT2D eigenvalue weighted by atomic mass is 10.1. The Balaban J connectivity index is 1.53. The largest absolute Gasteiger partial charge is 0.434 e. The zero-order valence-electron chi connectivity index (χ0n) is 15.0. The third kappa shape index (κ3) is 3.42. The van der Waals surface area contributed by atoms with Crippen molar-refractivity contribution >= 4 is 11.8 Å². The third-order valence-corrected chi connectivity index (χ3v) is 5.31. The molecule has 2 fully saturated rings. The number of fused-ring (bicyclic) bond motifs is 1. The van der Waals surface area contributed by atoms with E-state index in [0.29, 0.717) is 19.5 Å². The second-order valence-corrected chi connectivity index (χ2v) is 6.88. The number of benzene rings is 1. The molecule has 1 aromatic carbocycles. The Labute approximate surface area is 160 Å². The van der Waals surface area contributed by atoms with Crippen molar-refractivity contribution in [2.45, 2.75) is 38.1 Å². The van der Waals surface area contributed by atoms with Gasteiger partial charge in [0, 0.05) is 31.9 Å². The number of carbonyl (C=O) groups excluding carboxylic acids is 2. The van der Waals surface area contributed by atoms with Crippen LogP contribution in [0.15, 0.2) is 48.8 Å². The van der Waals surface area contributed by atoms with E-state index in [1.807, 2.05) is 12.1 Å². The van der Waals surface area contributed by atoms with Gasteiger partial charge in [-0.05, 0) is 36.2 Å². The lowest BCUT2D eigenvalue weighted by Gasteiger charge is -2.26. The summed E-state index contributed by atoms with van der Waals surface area (Å²) in [4.78, 5) is 33.0. The van der Waals surface area contributed by atoms with Gasteiger partial charge >= 0.3 is 6.61 Å². The van der Waals surface area contributed by atoms with Crippen LogP contribution in [0.3, 0.4) is 0 Å². The van der Waals surface area contributed by atoms with Crippen LogP contribution >= 0.6 is 0 Å². The van der Waals surface area contributed by atoms with Crippen LogP contribution in [0.4, 0.5) is 8.78 Å². The van der Waals surface area contributed by atoms with Crippen LogP contribution in [-0.2, 0) is 11.3 Å². The molecule has 0 radical (unpaired) electrons. The minimum absolute atomic E-state index is 0.0126. The number of para-hydroxylation sites is 1. The number of nitrogens with zero attached hydrogens (tertiary/aromatic N) is 3. The molecule has 0 saturated carbocycles. The van der Waals surface area contributed by atoms with E-state index in [-0.39, 0.29) is 41.6 Å². The first-order chi connectivity index (χ1) is 13.5. The summed E-state index contributed by atoms with van der Waals surface area (Å²) in [5, 5.41) is 0. The van der Waals surface area contributed by atoms with Gasteiger partial charge in [0.05, 0.1) is 17.6 Å². The van der Waals surface area contributed by atoms with Crippen molar-refractivity contribution in [1.82, 2.24) is 14.8 Å². The summed E-state index contributed by atoms with van der Waals surface area (Å²) in [6, 6.07) is 9.34. The number of halogens is 2. The molecular weight excluding hydrogens is 368 g/mol. The van der Waals surface area contributed by atoms with E-state index < -0.39 is 6.61 Å². The maximum absolute atomic E-state index is 13.0. The lowest BCUT2D eigenvalue weighted by molar-refractivity contribution is -0.129. The predicted molar refractivity (Wildman–Crippen MR) is 95.7 cm³/mol. The van der Waals surface area contributed by atoms with Gasteiger partial charge in [-0.2, -0.15) is 8.78 Å². The van der Waals surface area contributed by atoms with Crippen LogP contribution in [0.25, 0.3) is 0 Å². The second-order valence-electron chi connectivity index (χ2n) is 6.88. The molecule has 2 aliphatic heterocycles. The van der Waals surface area contributed by atoms with Gasteiger partial charge < -0.3 is 14.5 Å². The molecule has 2 aliphatic rings. The first-order valence-corrected chi connectivity index (χ1v) is 9.08. The third-order valence-electron chi connectivity index (χ3n) is 5.31. The SMILES string of the molecule is O=C1C[C@H]2[C@H](CCN2C(=O)c2ccccc2OC(F)F)N1Cc1ccncc1. The van der Waals surface area contributed by atoms with Crippen LogP contribution in [-0.4, -0.2) is 51.8 Å². The molecular formula is C20H19F2N3O3. The van der Waals surface area contributed by atoms with Gasteiger partial charge in [0.25, 0.3) is 5.91 Å². The zero-order chi connectivity index (χ0) is 19.7.